The van der Waals surface area contributed by atoms with Gasteiger partial charge in [0.1, 0.15) is 49.4 Å². The summed E-state index contributed by atoms with van der Waals surface area (Å²) in [6.45, 7) is 8.10. The summed E-state index contributed by atoms with van der Waals surface area (Å²) in [6, 6.07) is 27.5. The fourth-order valence-corrected chi connectivity index (χ4v) is 4.99. The zero-order valence-corrected chi connectivity index (χ0v) is 35.4. The van der Waals surface area contributed by atoms with Gasteiger partial charge in [0.05, 0.1) is 26.4 Å². The minimum absolute atomic E-state index is 0.168. The molecule has 62 heavy (non-hydrogen) atoms. The maximum absolute atomic E-state index is 12.5. The molecule has 4 rings (SSSR count). The molecule has 0 saturated carbocycles. The lowest BCUT2D eigenvalue weighted by atomic mass is 10.2. The Morgan fingerprint density at radius 3 is 0.903 bits per heavy atom. The SMILES string of the molecule is CC(=O)OCCCCOc1ccc(NC(=O)c2ccc(OCCCCOC(C)=O)cc2)cc1.CC(=O)OCCOc1ccc(NC(=O)c2ccc(OCCOC(C)=O)cc2)cc1. The molecule has 0 radical (unpaired) electrons. The minimum Gasteiger partial charge on any atom is -0.494 e. The van der Waals surface area contributed by atoms with Crippen molar-refractivity contribution in [1.82, 2.24) is 0 Å². The molecule has 0 aliphatic carbocycles. The lowest BCUT2D eigenvalue weighted by molar-refractivity contribution is -0.142. The van der Waals surface area contributed by atoms with Crippen molar-refractivity contribution in [3.8, 4) is 23.0 Å². The van der Waals surface area contributed by atoms with Crippen LogP contribution in [-0.2, 0) is 38.1 Å². The summed E-state index contributed by atoms with van der Waals surface area (Å²) in [7, 11) is 0. The number of nitrogens with one attached hydrogen (secondary N) is 2. The molecule has 0 aliphatic heterocycles. The third kappa shape index (κ3) is 21.8. The van der Waals surface area contributed by atoms with E-state index in [2.05, 4.69) is 10.6 Å². The molecular weight excluding hydrogens is 805 g/mol. The zero-order chi connectivity index (χ0) is 45.0. The molecule has 4 aromatic rings. The molecule has 0 aromatic heterocycles. The first-order valence-corrected chi connectivity index (χ1v) is 20.0. The van der Waals surface area contributed by atoms with Crippen molar-refractivity contribution in [3.63, 3.8) is 0 Å². The van der Waals surface area contributed by atoms with Crippen LogP contribution < -0.4 is 29.6 Å². The van der Waals surface area contributed by atoms with Gasteiger partial charge in [-0.05, 0) is 123 Å². The number of ether oxygens (including phenoxy) is 8. The lowest BCUT2D eigenvalue weighted by Gasteiger charge is -2.09. The van der Waals surface area contributed by atoms with Crippen molar-refractivity contribution in [2.45, 2.75) is 53.4 Å². The van der Waals surface area contributed by atoms with Gasteiger partial charge >= 0.3 is 23.9 Å². The molecule has 0 fully saturated rings. The summed E-state index contributed by atoms with van der Waals surface area (Å²) in [5.74, 6) is 0.802. The summed E-state index contributed by atoms with van der Waals surface area (Å²) in [5, 5.41) is 5.64. The van der Waals surface area contributed by atoms with Gasteiger partial charge in [-0.15, -0.1) is 0 Å². The Bertz CT molecular complexity index is 1980. The van der Waals surface area contributed by atoms with Crippen LogP contribution in [0.15, 0.2) is 97.1 Å². The number of hydrogen-bond donors (Lipinski definition) is 2. The lowest BCUT2D eigenvalue weighted by Crippen LogP contribution is -2.12. The molecule has 0 bridgehead atoms. The van der Waals surface area contributed by atoms with Gasteiger partial charge in [-0.3, -0.25) is 28.8 Å². The third-order valence-corrected chi connectivity index (χ3v) is 8.00. The largest absolute Gasteiger partial charge is 0.494 e. The van der Waals surface area contributed by atoms with Crippen LogP contribution in [0.3, 0.4) is 0 Å². The quantitative estimate of drug-likeness (QED) is 0.0407. The van der Waals surface area contributed by atoms with Crippen LogP contribution >= 0.6 is 0 Å². The van der Waals surface area contributed by atoms with Crippen molar-refractivity contribution in [3.05, 3.63) is 108 Å². The highest BCUT2D eigenvalue weighted by Crippen LogP contribution is 2.20. The topological polar surface area (TPSA) is 200 Å². The standard InChI is InChI=1S/C25H31NO7.C21H23NO7/c1-19(27)30-15-3-5-17-32-23-11-7-21(8-12-23)25(29)26-22-9-13-24(14-10-22)33-18-6-4-16-31-20(2)28;1-15(23)26-11-13-28-19-7-3-17(4-8-19)21(25)22-18-5-9-20(10-6-18)29-14-12-27-16(2)24/h7-14H,3-6,15-18H2,1-2H3,(H,26,29);3-10H,11-14H2,1-2H3,(H,22,25). The van der Waals surface area contributed by atoms with Crippen LogP contribution in [0.5, 0.6) is 23.0 Å². The molecule has 0 heterocycles. The fourth-order valence-electron chi connectivity index (χ4n) is 4.99. The number of carbonyl (C=O) groups excluding carboxylic acids is 6. The first-order chi connectivity index (χ1) is 29.9. The second-order valence-corrected chi connectivity index (χ2v) is 13.2. The second kappa shape index (κ2) is 28.4. The monoisotopic (exact) mass is 858 g/mol. The highest BCUT2D eigenvalue weighted by Gasteiger charge is 2.09. The van der Waals surface area contributed by atoms with E-state index in [1.807, 2.05) is 0 Å². The van der Waals surface area contributed by atoms with Crippen molar-refractivity contribution < 1.29 is 66.7 Å². The molecule has 16 nitrogen and oxygen atoms in total. The van der Waals surface area contributed by atoms with Crippen molar-refractivity contribution in [2.75, 3.05) is 63.5 Å². The summed E-state index contributed by atoms with van der Waals surface area (Å²) in [6.07, 6.45) is 3.02. The Kier molecular flexibility index (Phi) is 22.6. The predicted octanol–water partition coefficient (Wildman–Crippen LogP) is 7.21. The molecule has 16 heteroatoms. The minimum atomic E-state index is -0.359. The van der Waals surface area contributed by atoms with Gasteiger partial charge in [0.25, 0.3) is 11.8 Å². The maximum Gasteiger partial charge on any atom is 0.302 e. The smallest absolute Gasteiger partial charge is 0.302 e. The van der Waals surface area contributed by atoms with Crippen LogP contribution in [-0.4, -0.2) is 88.5 Å². The highest BCUT2D eigenvalue weighted by atomic mass is 16.6. The Hall–Kier alpha value is -7.10. The summed E-state index contributed by atoms with van der Waals surface area (Å²) in [5.41, 5.74) is 2.27. The third-order valence-electron chi connectivity index (χ3n) is 8.00. The van der Waals surface area contributed by atoms with E-state index in [1.54, 1.807) is 97.1 Å². The maximum atomic E-state index is 12.5. The number of amides is 2. The van der Waals surface area contributed by atoms with Gasteiger partial charge < -0.3 is 48.5 Å². The zero-order valence-electron chi connectivity index (χ0n) is 35.4. The summed E-state index contributed by atoms with van der Waals surface area (Å²) < 4.78 is 41.4. The van der Waals surface area contributed by atoms with Crippen LogP contribution in [0.1, 0.15) is 74.1 Å². The van der Waals surface area contributed by atoms with E-state index in [9.17, 15) is 28.8 Å². The average molecular weight is 859 g/mol. The average Bonchev–Trinajstić information content (AvgIpc) is 3.25. The Labute approximate surface area is 361 Å². The van der Waals surface area contributed by atoms with Gasteiger partial charge in [-0.1, -0.05) is 0 Å². The highest BCUT2D eigenvalue weighted by molar-refractivity contribution is 6.05. The van der Waals surface area contributed by atoms with Crippen LogP contribution in [0.4, 0.5) is 11.4 Å². The van der Waals surface area contributed by atoms with Crippen LogP contribution in [0, 0.1) is 0 Å². The van der Waals surface area contributed by atoms with E-state index in [-0.39, 0.29) is 62.1 Å². The van der Waals surface area contributed by atoms with E-state index in [1.165, 1.54) is 27.7 Å². The molecule has 0 atom stereocenters. The van der Waals surface area contributed by atoms with Gasteiger partial charge in [0.15, 0.2) is 0 Å². The van der Waals surface area contributed by atoms with Gasteiger partial charge in [-0.2, -0.15) is 0 Å². The number of anilines is 2. The number of esters is 4. The second-order valence-electron chi connectivity index (χ2n) is 13.2. The van der Waals surface area contributed by atoms with Gasteiger partial charge in [0.2, 0.25) is 0 Å². The molecule has 0 spiro atoms. The molecular formula is C46H54N2O14. The first kappa shape index (κ1) is 49.3. The number of unbranched alkanes of at least 4 members (excludes halogenated alkanes) is 2. The first-order valence-electron chi connectivity index (χ1n) is 20.0. The van der Waals surface area contributed by atoms with E-state index in [4.69, 9.17) is 37.9 Å². The molecule has 0 unspecified atom stereocenters. The van der Waals surface area contributed by atoms with E-state index in [0.717, 1.165) is 25.7 Å². The molecule has 332 valence electrons. The Morgan fingerprint density at radius 1 is 0.339 bits per heavy atom. The van der Waals surface area contributed by atoms with Gasteiger partial charge in [-0.25, -0.2) is 0 Å². The molecule has 4 aromatic carbocycles. The van der Waals surface area contributed by atoms with E-state index < -0.39 is 0 Å². The molecule has 0 aliphatic rings. The number of benzene rings is 4. The van der Waals surface area contributed by atoms with E-state index in [0.29, 0.717) is 71.9 Å². The number of carbonyl (C=O) groups is 6. The number of rotatable bonds is 24. The van der Waals surface area contributed by atoms with Crippen molar-refractivity contribution in [2.24, 2.45) is 0 Å². The summed E-state index contributed by atoms with van der Waals surface area (Å²) in [4.78, 5) is 67.5. The number of hydrogen-bond acceptors (Lipinski definition) is 14. The summed E-state index contributed by atoms with van der Waals surface area (Å²) >= 11 is 0. The van der Waals surface area contributed by atoms with Crippen LogP contribution in [0.25, 0.3) is 0 Å². The van der Waals surface area contributed by atoms with E-state index >= 15 is 0 Å². The Balaban J connectivity index is 0.000000333. The van der Waals surface area contributed by atoms with Crippen molar-refractivity contribution in [1.29, 1.82) is 0 Å². The molecule has 2 N–H and O–H groups in total. The molecule has 0 saturated heterocycles. The fraction of sp³-hybridized carbons (Fsp3) is 0.348. The van der Waals surface area contributed by atoms with Gasteiger partial charge in [0, 0.05) is 50.2 Å². The Morgan fingerprint density at radius 2 is 0.597 bits per heavy atom. The predicted molar refractivity (Wildman–Crippen MR) is 229 cm³/mol. The van der Waals surface area contributed by atoms with Crippen LogP contribution in [0.2, 0.25) is 0 Å². The molecule has 2 amide bonds. The normalized spacial score (nSPS) is 10.1. The van der Waals surface area contributed by atoms with Crippen molar-refractivity contribution >= 4 is 47.1 Å².